The Morgan fingerprint density at radius 3 is 2.85 bits per heavy atom. The second-order valence-corrected chi connectivity index (χ2v) is 6.28. The Morgan fingerprint density at radius 1 is 1.50 bits per heavy atom. The summed E-state index contributed by atoms with van der Waals surface area (Å²) in [5, 5.41) is 14.8. The van der Waals surface area contributed by atoms with E-state index in [1.165, 1.54) is 11.8 Å². The number of carboxylic acids is 1. The van der Waals surface area contributed by atoms with Crippen LogP contribution in [0.15, 0.2) is 33.8 Å². The van der Waals surface area contributed by atoms with Crippen molar-refractivity contribution < 1.29 is 14.7 Å². The molecule has 1 saturated heterocycles. The van der Waals surface area contributed by atoms with Gasteiger partial charge in [-0.3, -0.25) is 15.0 Å². The number of thioether (sulfide) groups is 1. The third kappa shape index (κ3) is 4.24. The van der Waals surface area contributed by atoms with E-state index in [0.717, 1.165) is 10.0 Å². The number of nitrogens with one attached hydrogen (secondary N) is 2. The van der Waals surface area contributed by atoms with Crippen molar-refractivity contribution in [1.29, 1.82) is 0 Å². The number of benzene rings is 1. The highest BCUT2D eigenvalue weighted by atomic mass is 79.9. The molecule has 1 amide bonds. The van der Waals surface area contributed by atoms with Gasteiger partial charge in [-0.05, 0) is 17.7 Å². The van der Waals surface area contributed by atoms with Crippen molar-refractivity contribution >= 4 is 45.8 Å². The number of hydrogen-bond donors (Lipinski definition) is 3. The lowest BCUT2D eigenvalue weighted by atomic mass is 10.2. The first kappa shape index (κ1) is 14.9. The molecular formula is C12H12BrN3O3S. The number of carboxylic acid groups (broad SMARTS) is 1. The van der Waals surface area contributed by atoms with Crippen molar-refractivity contribution in [3.63, 3.8) is 0 Å². The van der Waals surface area contributed by atoms with E-state index < -0.39 is 16.7 Å². The molecule has 1 fully saturated rings. The lowest BCUT2D eigenvalue weighted by Gasteiger charge is -2.07. The molecular weight excluding hydrogens is 346 g/mol. The van der Waals surface area contributed by atoms with E-state index in [4.69, 9.17) is 5.11 Å². The summed E-state index contributed by atoms with van der Waals surface area (Å²) in [5.74, 6) is -1.27. The summed E-state index contributed by atoms with van der Waals surface area (Å²) < 4.78 is 0.984. The first-order valence-electron chi connectivity index (χ1n) is 5.76. The van der Waals surface area contributed by atoms with Gasteiger partial charge in [0, 0.05) is 4.47 Å². The minimum Gasteiger partial charge on any atom is -0.481 e. The Morgan fingerprint density at radius 2 is 2.20 bits per heavy atom. The predicted octanol–water partition coefficient (Wildman–Crippen LogP) is 1.36. The van der Waals surface area contributed by atoms with Crippen LogP contribution in [-0.4, -0.2) is 33.9 Å². The molecule has 0 radical (unpaired) electrons. The highest BCUT2D eigenvalue weighted by Crippen LogP contribution is 2.24. The number of rotatable bonds is 5. The molecule has 6 nitrogen and oxygen atoms in total. The van der Waals surface area contributed by atoms with Crippen molar-refractivity contribution in [2.75, 3.05) is 0 Å². The van der Waals surface area contributed by atoms with Gasteiger partial charge >= 0.3 is 5.97 Å². The lowest BCUT2D eigenvalue weighted by molar-refractivity contribution is -0.138. The second-order valence-electron chi connectivity index (χ2n) is 4.05. The van der Waals surface area contributed by atoms with Gasteiger partial charge in [-0.25, -0.2) is 0 Å². The SMILES string of the molecule is O=C(O)CC1SC(N/N=C/c2ccc(Br)cc2)NC1=O. The van der Waals surface area contributed by atoms with Gasteiger partial charge in [-0.2, -0.15) is 5.10 Å². The van der Waals surface area contributed by atoms with Gasteiger partial charge in [-0.15, -0.1) is 11.8 Å². The van der Waals surface area contributed by atoms with Crippen LogP contribution in [0.4, 0.5) is 0 Å². The molecule has 1 aliphatic rings. The van der Waals surface area contributed by atoms with E-state index >= 15 is 0 Å². The molecule has 0 bridgehead atoms. The van der Waals surface area contributed by atoms with Crippen LogP contribution in [-0.2, 0) is 9.59 Å². The van der Waals surface area contributed by atoms with Crippen LogP contribution < -0.4 is 10.7 Å². The van der Waals surface area contributed by atoms with Gasteiger partial charge in [0.25, 0.3) is 0 Å². The van der Waals surface area contributed by atoms with Crippen molar-refractivity contribution in [1.82, 2.24) is 10.7 Å². The Labute approximate surface area is 128 Å². The fraction of sp³-hybridized carbons (Fsp3) is 0.250. The fourth-order valence-electron chi connectivity index (χ4n) is 1.57. The Bertz CT molecular complexity index is 535. The van der Waals surface area contributed by atoms with Gasteiger partial charge in [0.1, 0.15) is 0 Å². The van der Waals surface area contributed by atoms with Crippen LogP contribution in [0.1, 0.15) is 12.0 Å². The molecule has 0 aliphatic carbocycles. The summed E-state index contributed by atoms with van der Waals surface area (Å²) in [6.07, 6.45) is 1.44. The van der Waals surface area contributed by atoms with Crippen molar-refractivity contribution in [3.8, 4) is 0 Å². The number of halogens is 1. The van der Waals surface area contributed by atoms with Crippen LogP contribution in [0.25, 0.3) is 0 Å². The molecule has 3 N–H and O–H groups in total. The number of nitrogens with zero attached hydrogens (tertiary/aromatic N) is 1. The van der Waals surface area contributed by atoms with Crippen molar-refractivity contribution in [2.45, 2.75) is 17.2 Å². The topological polar surface area (TPSA) is 90.8 Å². The zero-order chi connectivity index (χ0) is 14.5. The fourth-order valence-corrected chi connectivity index (χ4v) is 2.90. The highest BCUT2D eigenvalue weighted by Gasteiger charge is 2.33. The summed E-state index contributed by atoms with van der Waals surface area (Å²) in [6.45, 7) is 0. The maximum atomic E-state index is 11.5. The van der Waals surface area contributed by atoms with Gasteiger partial charge in [-0.1, -0.05) is 28.1 Å². The van der Waals surface area contributed by atoms with E-state index in [2.05, 4.69) is 31.8 Å². The minimum absolute atomic E-state index is 0.189. The Kier molecular flexibility index (Phi) is 5.02. The van der Waals surface area contributed by atoms with E-state index in [-0.39, 0.29) is 12.3 Å². The van der Waals surface area contributed by atoms with Crippen molar-refractivity contribution in [2.24, 2.45) is 5.10 Å². The molecule has 20 heavy (non-hydrogen) atoms. The molecule has 0 saturated carbocycles. The first-order chi connectivity index (χ1) is 9.54. The molecule has 0 aromatic heterocycles. The van der Waals surface area contributed by atoms with Gasteiger partial charge in [0.05, 0.1) is 17.9 Å². The molecule has 1 aromatic carbocycles. The third-order valence-electron chi connectivity index (χ3n) is 2.50. The molecule has 1 aromatic rings. The molecule has 1 heterocycles. The third-order valence-corrected chi connectivity index (χ3v) is 4.23. The average Bonchev–Trinajstić information content (AvgIpc) is 2.72. The first-order valence-corrected chi connectivity index (χ1v) is 7.50. The normalized spacial score (nSPS) is 21.9. The monoisotopic (exact) mass is 357 g/mol. The standard InChI is InChI=1S/C12H12BrN3O3S/c13-8-3-1-7(2-4-8)6-14-16-12-15-11(19)9(20-12)5-10(17)18/h1-4,6,9,12,16H,5H2,(H,15,19)(H,17,18)/b14-6+. The maximum Gasteiger partial charge on any atom is 0.305 e. The van der Waals surface area contributed by atoms with Crippen molar-refractivity contribution in [3.05, 3.63) is 34.3 Å². The van der Waals surface area contributed by atoms with E-state index in [9.17, 15) is 9.59 Å². The van der Waals surface area contributed by atoms with Gasteiger partial charge < -0.3 is 10.4 Å². The van der Waals surface area contributed by atoms with Gasteiger partial charge in [0.15, 0.2) is 5.50 Å². The van der Waals surface area contributed by atoms with Crippen LogP contribution in [0.3, 0.4) is 0 Å². The van der Waals surface area contributed by atoms with Crippen LogP contribution >= 0.6 is 27.7 Å². The highest BCUT2D eigenvalue weighted by molar-refractivity contribution is 9.10. The quantitative estimate of drug-likeness (QED) is 0.546. The molecule has 2 atom stereocenters. The number of hydrazone groups is 1. The number of hydrogen-bond acceptors (Lipinski definition) is 5. The predicted molar refractivity (Wildman–Crippen MR) is 80.4 cm³/mol. The van der Waals surface area contributed by atoms with Crippen LogP contribution in [0, 0.1) is 0 Å². The number of aliphatic carboxylic acids is 1. The van der Waals surface area contributed by atoms with Crippen LogP contribution in [0.5, 0.6) is 0 Å². The van der Waals surface area contributed by atoms with E-state index in [1.807, 2.05) is 24.3 Å². The molecule has 2 unspecified atom stereocenters. The summed E-state index contributed by atoms with van der Waals surface area (Å²) in [7, 11) is 0. The largest absolute Gasteiger partial charge is 0.481 e. The number of amides is 1. The molecule has 2 rings (SSSR count). The summed E-state index contributed by atoms with van der Waals surface area (Å²) >= 11 is 4.55. The Hall–Kier alpha value is -1.54. The average molecular weight is 358 g/mol. The molecule has 0 spiro atoms. The summed E-state index contributed by atoms with van der Waals surface area (Å²) in [4.78, 5) is 22.1. The summed E-state index contributed by atoms with van der Waals surface area (Å²) in [6, 6.07) is 7.58. The maximum absolute atomic E-state index is 11.5. The lowest BCUT2D eigenvalue weighted by Crippen LogP contribution is -2.35. The summed E-state index contributed by atoms with van der Waals surface area (Å²) in [5.41, 5.74) is 3.28. The zero-order valence-electron chi connectivity index (χ0n) is 10.2. The molecule has 8 heteroatoms. The van der Waals surface area contributed by atoms with Crippen LogP contribution in [0.2, 0.25) is 0 Å². The second kappa shape index (κ2) is 6.76. The van der Waals surface area contributed by atoms with Gasteiger partial charge in [0.2, 0.25) is 5.91 Å². The minimum atomic E-state index is -0.989. The smallest absolute Gasteiger partial charge is 0.305 e. The number of carbonyl (C=O) groups is 2. The number of carbonyl (C=O) groups excluding carboxylic acids is 1. The van der Waals surface area contributed by atoms with E-state index in [0.29, 0.717) is 0 Å². The molecule has 1 aliphatic heterocycles. The van der Waals surface area contributed by atoms with E-state index in [1.54, 1.807) is 6.21 Å². The Balaban J connectivity index is 1.84. The molecule has 106 valence electrons. The zero-order valence-corrected chi connectivity index (χ0v) is 12.6.